The Hall–Kier alpha value is -3.35. The van der Waals surface area contributed by atoms with Gasteiger partial charge in [0, 0.05) is 41.5 Å². The molecule has 6 rings (SSSR count). The van der Waals surface area contributed by atoms with E-state index in [1.165, 1.54) is 5.69 Å². The van der Waals surface area contributed by atoms with Gasteiger partial charge in [-0.3, -0.25) is 9.97 Å². The van der Waals surface area contributed by atoms with E-state index in [0.29, 0.717) is 11.8 Å². The van der Waals surface area contributed by atoms with Crippen molar-refractivity contribution in [1.82, 2.24) is 34.0 Å². The second-order valence-corrected chi connectivity index (χ2v) is 7.67. The molecule has 7 nitrogen and oxygen atoms in total. The normalized spacial score (nSPS) is 18.0. The second kappa shape index (κ2) is 6.86. The van der Waals surface area contributed by atoms with Gasteiger partial charge in [-0.05, 0) is 45.4 Å². The van der Waals surface area contributed by atoms with Crippen LogP contribution >= 0.6 is 0 Å². The molecule has 0 bridgehead atoms. The van der Waals surface area contributed by atoms with Crippen LogP contribution in [0.3, 0.4) is 0 Å². The topological polar surface area (TPSA) is 73.3 Å². The van der Waals surface area contributed by atoms with Crippen molar-refractivity contribution in [3.05, 3.63) is 65.4 Å². The van der Waals surface area contributed by atoms with Gasteiger partial charge < -0.3 is 4.40 Å². The Morgan fingerprint density at radius 1 is 0.967 bits per heavy atom. The molecule has 5 aromatic rings. The summed E-state index contributed by atoms with van der Waals surface area (Å²) < 4.78 is 4.08. The lowest BCUT2D eigenvalue weighted by molar-refractivity contribution is 0.827. The molecule has 2 atom stereocenters. The molecule has 30 heavy (non-hydrogen) atoms. The highest BCUT2D eigenvalue weighted by atomic mass is 15.3. The first kappa shape index (κ1) is 18.7. The fraction of sp³-hybridized carbons (Fsp3) is 0.348. The van der Waals surface area contributed by atoms with E-state index in [1.807, 2.05) is 56.7 Å². The molecule has 7 heteroatoms. The first-order valence-electron chi connectivity index (χ1n) is 10.5. The monoisotopic (exact) mass is 399 g/mol. The minimum Gasteiger partial charge on any atom is -0.303 e. The molecule has 5 aromatic heterocycles. The maximum atomic E-state index is 5.02. The van der Waals surface area contributed by atoms with Crippen molar-refractivity contribution in [3.63, 3.8) is 0 Å². The summed E-state index contributed by atoms with van der Waals surface area (Å²) in [5.41, 5.74) is 7.04. The predicted molar refractivity (Wildman–Crippen MR) is 117 cm³/mol. The zero-order valence-corrected chi connectivity index (χ0v) is 18.0. The Labute approximate surface area is 174 Å². The van der Waals surface area contributed by atoms with Crippen LogP contribution in [0.4, 0.5) is 0 Å². The Morgan fingerprint density at radius 3 is 2.60 bits per heavy atom. The molecular formula is C23H25N7. The third-order valence-electron chi connectivity index (χ3n) is 5.85. The molecule has 0 N–H and O–H groups in total. The predicted octanol–water partition coefficient (Wildman–Crippen LogP) is 4.54. The van der Waals surface area contributed by atoms with Crippen molar-refractivity contribution >= 4 is 22.2 Å². The minimum absolute atomic E-state index is 0.312. The molecule has 1 aliphatic carbocycles. The zero-order valence-electron chi connectivity index (χ0n) is 18.0. The number of hydrogen-bond donors (Lipinski definition) is 0. The van der Waals surface area contributed by atoms with Gasteiger partial charge in [-0.15, -0.1) is 0 Å². The lowest BCUT2D eigenvalue weighted by atomic mass is 10.2. The largest absolute Gasteiger partial charge is 0.303 e. The number of nitrogens with zero attached hydrogens (tertiary/aromatic N) is 7. The number of imidazole rings is 1. The van der Waals surface area contributed by atoms with Crippen LogP contribution in [0.15, 0.2) is 36.8 Å². The molecule has 0 aliphatic heterocycles. The molecule has 0 amide bonds. The fourth-order valence-electron chi connectivity index (χ4n) is 4.19. The molecule has 0 saturated heterocycles. The second-order valence-electron chi connectivity index (χ2n) is 7.67. The molecule has 1 aliphatic rings. The van der Waals surface area contributed by atoms with Gasteiger partial charge in [0.15, 0.2) is 11.5 Å². The van der Waals surface area contributed by atoms with E-state index in [2.05, 4.69) is 33.6 Å². The van der Waals surface area contributed by atoms with Gasteiger partial charge in [0.05, 0.1) is 22.6 Å². The smallest absolute Gasteiger partial charge is 0.177 e. The summed E-state index contributed by atoms with van der Waals surface area (Å²) in [5, 5.41) is 5.85. The number of aryl methyl sites for hydroxylation is 3. The lowest BCUT2D eigenvalue weighted by Crippen LogP contribution is -1.97. The van der Waals surface area contributed by atoms with Gasteiger partial charge in [-0.2, -0.15) is 5.10 Å². The van der Waals surface area contributed by atoms with Gasteiger partial charge in [-0.1, -0.05) is 13.8 Å². The number of rotatable bonds is 2. The van der Waals surface area contributed by atoms with Crippen LogP contribution in [-0.4, -0.2) is 34.0 Å². The summed E-state index contributed by atoms with van der Waals surface area (Å²) >= 11 is 0. The Kier molecular flexibility index (Phi) is 4.27. The van der Waals surface area contributed by atoms with E-state index in [0.717, 1.165) is 51.5 Å². The first-order valence-corrected chi connectivity index (χ1v) is 10.5. The highest BCUT2D eigenvalue weighted by Gasteiger charge is 2.45. The number of pyridine rings is 2. The van der Waals surface area contributed by atoms with Crippen molar-refractivity contribution in [2.75, 3.05) is 0 Å². The van der Waals surface area contributed by atoms with Crippen molar-refractivity contribution in [2.45, 2.75) is 52.9 Å². The third kappa shape index (κ3) is 2.69. The van der Waals surface area contributed by atoms with Gasteiger partial charge in [-0.25, -0.2) is 14.5 Å². The number of hydrogen-bond acceptors (Lipinski definition) is 5. The third-order valence-corrected chi connectivity index (χ3v) is 5.85. The fourth-order valence-corrected chi connectivity index (χ4v) is 4.19. The van der Waals surface area contributed by atoms with E-state index in [4.69, 9.17) is 15.1 Å². The molecule has 0 radical (unpaired) electrons. The molecule has 1 fully saturated rings. The number of fused-ring (bicyclic) bond motifs is 4. The Morgan fingerprint density at radius 2 is 1.80 bits per heavy atom. The lowest BCUT2D eigenvalue weighted by Gasteiger charge is -2.00. The summed E-state index contributed by atoms with van der Waals surface area (Å²) in [6.45, 7) is 10.1. The van der Waals surface area contributed by atoms with Crippen LogP contribution in [0, 0.1) is 20.8 Å². The molecule has 152 valence electrons. The van der Waals surface area contributed by atoms with E-state index in [9.17, 15) is 0 Å². The Balaban J connectivity index is 0.000000937. The van der Waals surface area contributed by atoms with E-state index >= 15 is 0 Å². The van der Waals surface area contributed by atoms with E-state index < -0.39 is 0 Å². The van der Waals surface area contributed by atoms with Crippen LogP contribution < -0.4 is 0 Å². The molecule has 1 saturated carbocycles. The van der Waals surface area contributed by atoms with Crippen molar-refractivity contribution < 1.29 is 0 Å². The molecule has 0 aromatic carbocycles. The van der Waals surface area contributed by atoms with E-state index in [1.54, 1.807) is 0 Å². The highest BCUT2D eigenvalue weighted by molar-refractivity contribution is 5.91. The summed E-state index contributed by atoms with van der Waals surface area (Å²) in [4.78, 5) is 18.7. The minimum atomic E-state index is 0.312. The zero-order chi connectivity index (χ0) is 21.0. The molecular weight excluding hydrogens is 374 g/mol. The summed E-state index contributed by atoms with van der Waals surface area (Å²) in [7, 11) is 0. The summed E-state index contributed by atoms with van der Waals surface area (Å²) in [6, 6.07) is 6.10. The molecule has 0 spiro atoms. The number of aromatic nitrogens is 7. The van der Waals surface area contributed by atoms with Gasteiger partial charge >= 0.3 is 0 Å². The molecule has 2 unspecified atom stereocenters. The van der Waals surface area contributed by atoms with Crippen molar-refractivity contribution in [2.24, 2.45) is 0 Å². The van der Waals surface area contributed by atoms with Crippen LogP contribution in [0.1, 0.15) is 60.7 Å². The van der Waals surface area contributed by atoms with E-state index in [-0.39, 0.29) is 0 Å². The van der Waals surface area contributed by atoms with Gasteiger partial charge in [0.2, 0.25) is 0 Å². The van der Waals surface area contributed by atoms with Crippen LogP contribution in [0.25, 0.3) is 22.2 Å². The van der Waals surface area contributed by atoms with Crippen LogP contribution in [-0.2, 0) is 0 Å². The maximum Gasteiger partial charge on any atom is 0.177 e. The first-order chi connectivity index (χ1) is 14.6. The summed E-state index contributed by atoms with van der Waals surface area (Å²) in [5.74, 6) is 1.57. The highest BCUT2D eigenvalue weighted by Crippen LogP contribution is 2.54. The standard InChI is InChI=1S/C21H19N7.C2H6/c1-11-10-23-12(2)20-25-19(26-28(11)20)16-9-15(16)18-13(3)27-8-6-17-14(21(27)24-18)5-4-7-22-17;1-2/h4-8,10,15-16H,9H2,1-3H3;1-2H3. The quantitative estimate of drug-likeness (QED) is 0.436. The van der Waals surface area contributed by atoms with Crippen LogP contribution in [0.2, 0.25) is 0 Å². The maximum absolute atomic E-state index is 5.02. The van der Waals surface area contributed by atoms with Crippen molar-refractivity contribution in [3.8, 4) is 0 Å². The van der Waals surface area contributed by atoms with Crippen LogP contribution in [0.5, 0.6) is 0 Å². The Bertz CT molecular complexity index is 1360. The van der Waals surface area contributed by atoms with Gasteiger partial charge in [0.25, 0.3) is 0 Å². The van der Waals surface area contributed by atoms with Crippen molar-refractivity contribution in [1.29, 1.82) is 0 Å². The van der Waals surface area contributed by atoms with Gasteiger partial charge in [0.1, 0.15) is 5.65 Å². The average Bonchev–Trinajstić information content (AvgIpc) is 3.30. The summed E-state index contributed by atoms with van der Waals surface area (Å²) in [6.07, 6.45) is 6.76. The SMILES string of the molecule is CC.Cc1ncc(C)n2nc(C3CC3c3nc4c5cccnc5ccn4c3C)nc12. The molecule has 5 heterocycles. The average molecular weight is 400 g/mol.